The molecule has 0 spiro atoms. The second-order valence-corrected chi connectivity index (χ2v) is 6.98. The first-order valence-electron chi connectivity index (χ1n) is 7.27. The molecular formula is C15H19ClFN3O2S. The first kappa shape index (κ1) is 17.9. The largest absolute Gasteiger partial charge is 0.354 e. The van der Waals surface area contributed by atoms with E-state index in [1.54, 1.807) is 6.92 Å². The van der Waals surface area contributed by atoms with E-state index < -0.39 is 15.8 Å². The van der Waals surface area contributed by atoms with Crippen LogP contribution in [0.2, 0.25) is 0 Å². The Kier molecular flexibility index (Phi) is 5.44. The maximum absolute atomic E-state index is 13.1. The van der Waals surface area contributed by atoms with Crippen molar-refractivity contribution in [1.29, 1.82) is 0 Å². The van der Waals surface area contributed by atoms with Crippen LogP contribution in [0, 0.1) is 5.82 Å². The van der Waals surface area contributed by atoms with E-state index in [2.05, 4.69) is 9.71 Å². The van der Waals surface area contributed by atoms with Crippen molar-refractivity contribution in [2.75, 3.05) is 26.2 Å². The summed E-state index contributed by atoms with van der Waals surface area (Å²) in [5, 5.41) is 3.28. The molecule has 1 saturated heterocycles. The molecule has 1 aromatic rings. The standard InChI is InChI=1S/C15H18FN3O2S.ClH/c1-11-14(12-3-5-13(16)6-4-12)22(20,21)18-15(11)19-9-2-7-17-8-10-19;/h3-6,17H,2,7-10H2,1H3;1H. The highest BCUT2D eigenvalue weighted by Gasteiger charge is 2.33. The van der Waals surface area contributed by atoms with Crippen molar-refractivity contribution in [3.63, 3.8) is 0 Å². The third-order valence-corrected chi connectivity index (χ3v) is 5.36. The molecule has 23 heavy (non-hydrogen) atoms. The van der Waals surface area contributed by atoms with E-state index in [0.29, 0.717) is 17.0 Å². The number of sulfonamides is 1. The van der Waals surface area contributed by atoms with Gasteiger partial charge < -0.3 is 10.2 Å². The minimum Gasteiger partial charge on any atom is -0.354 e. The Labute approximate surface area is 141 Å². The van der Waals surface area contributed by atoms with Crippen LogP contribution >= 0.6 is 12.4 Å². The molecule has 2 aliphatic heterocycles. The van der Waals surface area contributed by atoms with E-state index in [1.165, 1.54) is 24.3 Å². The van der Waals surface area contributed by atoms with Crippen molar-refractivity contribution in [3.8, 4) is 0 Å². The summed E-state index contributed by atoms with van der Waals surface area (Å²) in [5.74, 6) is 0.125. The maximum atomic E-state index is 13.1. The minimum atomic E-state index is -3.73. The Bertz CT molecular complexity index is 736. The van der Waals surface area contributed by atoms with Gasteiger partial charge in [-0.05, 0) is 37.6 Å². The molecule has 1 fully saturated rings. The van der Waals surface area contributed by atoms with E-state index >= 15 is 0 Å². The van der Waals surface area contributed by atoms with E-state index in [1.807, 2.05) is 4.90 Å². The predicted octanol–water partition coefficient (Wildman–Crippen LogP) is 2.02. The summed E-state index contributed by atoms with van der Waals surface area (Å²) in [6.07, 6.45) is 0.943. The van der Waals surface area contributed by atoms with E-state index in [9.17, 15) is 12.8 Å². The molecule has 1 aromatic carbocycles. The minimum absolute atomic E-state index is 0. The number of rotatable bonds is 1. The zero-order chi connectivity index (χ0) is 15.7. The van der Waals surface area contributed by atoms with Crippen molar-refractivity contribution >= 4 is 33.2 Å². The molecule has 0 aliphatic carbocycles. The molecular weight excluding hydrogens is 341 g/mol. The fourth-order valence-corrected chi connectivity index (χ4v) is 4.33. The van der Waals surface area contributed by atoms with Gasteiger partial charge >= 0.3 is 0 Å². The van der Waals surface area contributed by atoms with Gasteiger partial charge in [0.25, 0.3) is 10.0 Å². The molecule has 0 unspecified atom stereocenters. The van der Waals surface area contributed by atoms with Gasteiger partial charge in [-0.3, -0.25) is 0 Å². The first-order chi connectivity index (χ1) is 10.5. The molecule has 5 nitrogen and oxygen atoms in total. The average molecular weight is 360 g/mol. The molecule has 1 N–H and O–H groups in total. The fraction of sp³-hybridized carbons (Fsp3) is 0.400. The van der Waals surface area contributed by atoms with Gasteiger partial charge in [-0.25, -0.2) is 4.39 Å². The number of hydrogen-bond acceptors (Lipinski definition) is 4. The average Bonchev–Trinajstić information content (AvgIpc) is 2.67. The Morgan fingerprint density at radius 3 is 2.57 bits per heavy atom. The van der Waals surface area contributed by atoms with Crippen molar-refractivity contribution in [1.82, 2.24) is 10.2 Å². The van der Waals surface area contributed by atoms with Gasteiger partial charge in [0, 0.05) is 25.2 Å². The molecule has 8 heteroatoms. The van der Waals surface area contributed by atoms with Crippen molar-refractivity contribution < 1.29 is 12.8 Å². The lowest BCUT2D eigenvalue weighted by atomic mass is 10.1. The van der Waals surface area contributed by atoms with Crippen LogP contribution in [-0.4, -0.2) is 45.3 Å². The Morgan fingerprint density at radius 1 is 1.17 bits per heavy atom. The summed E-state index contributed by atoms with van der Waals surface area (Å²) in [7, 11) is -3.73. The number of hydrogen-bond donors (Lipinski definition) is 1. The highest BCUT2D eigenvalue weighted by atomic mass is 35.5. The topological polar surface area (TPSA) is 61.8 Å². The highest BCUT2D eigenvalue weighted by Crippen LogP contribution is 2.33. The Balaban J connectivity index is 0.00000192. The molecule has 126 valence electrons. The summed E-state index contributed by atoms with van der Waals surface area (Å²) in [4.78, 5) is 2.18. The van der Waals surface area contributed by atoms with Gasteiger partial charge in [-0.2, -0.15) is 8.42 Å². The molecule has 0 amide bonds. The second-order valence-electron chi connectivity index (χ2n) is 5.44. The number of nitrogens with one attached hydrogen (secondary N) is 1. The van der Waals surface area contributed by atoms with Crippen LogP contribution in [0.5, 0.6) is 0 Å². The summed E-state index contributed by atoms with van der Waals surface area (Å²) < 4.78 is 41.9. The summed E-state index contributed by atoms with van der Waals surface area (Å²) in [6.45, 7) is 4.99. The molecule has 0 aromatic heterocycles. The molecule has 0 radical (unpaired) electrons. The van der Waals surface area contributed by atoms with Crippen LogP contribution in [0.15, 0.2) is 34.2 Å². The Hall–Kier alpha value is -1.44. The third kappa shape index (κ3) is 3.57. The molecule has 0 bridgehead atoms. The number of amidine groups is 1. The van der Waals surface area contributed by atoms with Gasteiger partial charge in [-0.1, -0.05) is 12.1 Å². The SMILES string of the molecule is CC1=C(c2ccc(F)cc2)S(=O)(=O)N=C1N1CCCNCC1.Cl. The number of halogens is 2. The zero-order valence-corrected chi connectivity index (χ0v) is 14.4. The van der Waals surface area contributed by atoms with Gasteiger partial charge in [0.2, 0.25) is 0 Å². The van der Waals surface area contributed by atoms with Crippen molar-refractivity contribution in [2.45, 2.75) is 13.3 Å². The van der Waals surface area contributed by atoms with Gasteiger partial charge in [-0.15, -0.1) is 16.8 Å². The highest BCUT2D eigenvalue weighted by molar-refractivity contribution is 8.00. The normalized spacial score (nSPS) is 20.8. The summed E-state index contributed by atoms with van der Waals surface area (Å²) in [5.41, 5.74) is 1.11. The Morgan fingerprint density at radius 2 is 1.87 bits per heavy atom. The molecule has 0 atom stereocenters. The van der Waals surface area contributed by atoms with E-state index in [0.717, 1.165) is 32.6 Å². The quantitative estimate of drug-likeness (QED) is 0.833. The molecule has 3 rings (SSSR count). The summed E-state index contributed by atoms with van der Waals surface area (Å²) >= 11 is 0. The van der Waals surface area contributed by atoms with Crippen LogP contribution in [0.4, 0.5) is 4.39 Å². The monoisotopic (exact) mass is 359 g/mol. The van der Waals surface area contributed by atoms with Crippen molar-refractivity contribution in [2.24, 2.45) is 4.40 Å². The van der Waals surface area contributed by atoms with Crippen molar-refractivity contribution in [3.05, 3.63) is 41.2 Å². The van der Waals surface area contributed by atoms with Gasteiger partial charge in [0.1, 0.15) is 16.6 Å². The number of nitrogens with zero attached hydrogens (tertiary/aromatic N) is 2. The maximum Gasteiger partial charge on any atom is 0.285 e. The van der Waals surface area contributed by atoms with Crippen LogP contribution in [0.3, 0.4) is 0 Å². The fourth-order valence-electron chi connectivity index (χ4n) is 2.84. The van der Waals surface area contributed by atoms with Crippen LogP contribution in [0.1, 0.15) is 18.9 Å². The summed E-state index contributed by atoms with van der Waals surface area (Å²) in [6, 6.07) is 5.49. The van der Waals surface area contributed by atoms with Crippen LogP contribution < -0.4 is 5.32 Å². The molecule has 2 aliphatic rings. The first-order valence-corrected chi connectivity index (χ1v) is 8.71. The number of benzene rings is 1. The molecule has 2 heterocycles. The smallest absolute Gasteiger partial charge is 0.285 e. The van der Waals surface area contributed by atoms with Gasteiger partial charge in [0.15, 0.2) is 0 Å². The molecule has 0 saturated carbocycles. The third-order valence-electron chi connectivity index (χ3n) is 3.89. The van der Waals surface area contributed by atoms with Gasteiger partial charge in [0.05, 0.1) is 0 Å². The lowest BCUT2D eigenvalue weighted by Crippen LogP contribution is -2.34. The lowest BCUT2D eigenvalue weighted by molar-refractivity contribution is 0.447. The van der Waals surface area contributed by atoms with Crippen LogP contribution in [-0.2, 0) is 10.0 Å². The lowest BCUT2D eigenvalue weighted by Gasteiger charge is -2.22. The van der Waals surface area contributed by atoms with E-state index in [4.69, 9.17) is 0 Å². The van der Waals surface area contributed by atoms with E-state index in [-0.39, 0.29) is 17.3 Å². The zero-order valence-electron chi connectivity index (χ0n) is 12.8. The van der Waals surface area contributed by atoms with Crippen LogP contribution in [0.25, 0.3) is 4.91 Å². The predicted molar refractivity (Wildman–Crippen MR) is 91.7 cm³/mol. The second kappa shape index (κ2) is 6.98.